The van der Waals surface area contributed by atoms with Crippen LogP contribution >= 0.6 is 0 Å². The molecule has 2 unspecified atom stereocenters. The van der Waals surface area contributed by atoms with Crippen LogP contribution in [0.5, 0.6) is 0 Å². The Hall–Kier alpha value is -1.75. The standard InChI is InChI=1S/C24H30O2.Li/c1-3-21(23-12-8-5-9-13-23)11-7-4-6-10-19(2)22-16-14-20(15-17-22)18-24(25)26;/h4-5,7-9,12-17,19,21H,3,6,10-11,18H2,1-2H3,(H,25,26);/q;+1/p-1/b7-4+;. The molecule has 27 heavy (non-hydrogen) atoms. The van der Waals surface area contributed by atoms with E-state index in [4.69, 9.17) is 0 Å². The topological polar surface area (TPSA) is 40.1 Å². The van der Waals surface area contributed by atoms with Crippen LogP contribution < -0.4 is 24.0 Å². The monoisotopic (exact) mass is 356 g/mol. The number of hydrogen-bond donors (Lipinski definition) is 0. The third-order valence-electron chi connectivity index (χ3n) is 5.01. The first-order valence-corrected chi connectivity index (χ1v) is 9.58. The van der Waals surface area contributed by atoms with E-state index in [0.717, 1.165) is 31.2 Å². The zero-order valence-corrected chi connectivity index (χ0v) is 16.9. The van der Waals surface area contributed by atoms with Gasteiger partial charge in [0.2, 0.25) is 0 Å². The van der Waals surface area contributed by atoms with Gasteiger partial charge in [-0.1, -0.05) is 80.6 Å². The molecule has 2 atom stereocenters. The summed E-state index contributed by atoms with van der Waals surface area (Å²) in [5.41, 5.74) is 3.48. The summed E-state index contributed by atoms with van der Waals surface area (Å²) >= 11 is 0. The van der Waals surface area contributed by atoms with Gasteiger partial charge >= 0.3 is 18.9 Å². The van der Waals surface area contributed by atoms with Crippen LogP contribution in [0.25, 0.3) is 0 Å². The van der Waals surface area contributed by atoms with E-state index in [1.165, 1.54) is 11.1 Å². The number of rotatable bonds is 10. The molecule has 0 aliphatic heterocycles. The molecular formula is C24H29LiO2. The van der Waals surface area contributed by atoms with Gasteiger partial charge in [-0.05, 0) is 54.2 Å². The Morgan fingerprint density at radius 3 is 2.26 bits per heavy atom. The Labute approximate surface area is 175 Å². The minimum atomic E-state index is -1.03. The van der Waals surface area contributed by atoms with Crippen molar-refractivity contribution in [3.63, 3.8) is 0 Å². The van der Waals surface area contributed by atoms with Crippen LogP contribution in [-0.2, 0) is 11.2 Å². The normalized spacial score (nSPS) is 13.1. The van der Waals surface area contributed by atoms with Crippen LogP contribution in [0.1, 0.15) is 68.1 Å². The maximum atomic E-state index is 10.6. The van der Waals surface area contributed by atoms with Gasteiger partial charge in [0, 0.05) is 12.4 Å². The molecule has 0 spiro atoms. The Morgan fingerprint density at radius 1 is 1.00 bits per heavy atom. The minimum Gasteiger partial charge on any atom is -0.550 e. The Bertz CT molecular complexity index is 692. The van der Waals surface area contributed by atoms with E-state index in [0.29, 0.717) is 11.8 Å². The fourth-order valence-corrected chi connectivity index (χ4v) is 3.29. The van der Waals surface area contributed by atoms with Gasteiger partial charge in [-0.15, -0.1) is 0 Å². The molecule has 0 aliphatic carbocycles. The molecule has 3 heteroatoms. The average molecular weight is 356 g/mol. The summed E-state index contributed by atoms with van der Waals surface area (Å²) in [6.45, 7) is 4.47. The second-order valence-corrected chi connectivity index (χ2v) is 6.99. The first-order valence-electron chi connectivity index (χ1n) is 9.58. The number of carboxylic acid groups (broad SMARTS) is 1. The molecule has 2 nitrogen and oxygen atoms in total. The van der Waals surface area contributed by atoms with Crippen molar-refractivity contribution in [1.82, 2.24) is 0 Å². The van der Waals surface area contributed by atoms with Gasteiger partial charge in [0.1, 0.15) is 0 Å². The van der Waals surface area contributed by atoms with E-state index in [-0.39, 0.29) is 25.3 Å². The molecule has 0 radical (unpaired) electrons. The number of carbonyl (C=O) groups is 1. The van der Waals surface area contributed by atoms with E-state index < -0.39 is 5.97 Å². The molecule has 0 bridgehead atoms. The summed E-state index contributed by atoms with van der Waals surface area (Å²) in [6.07, 6.45) is 9.00. The van der Waals surface area contributed by atoms with Gasteiger partial charge in [-0.3, -0.25) is 0 Å². The SMILES string of the molecule is CCC(C/C=C/CCC(C)c1ccc(CC(=O)[O-])cc1)c1ccccc1.[Li+]. The number of carbonyl (C=O) groups excluding carboxylic acids is 1. The summed E-state index contributed by atoms with van der Waals surface area (Å²) in [6, 6.07) is 18.6. The minimum absolute atomic E-state index is 0. The van der Waals surface area contributed by atoms with Crippen LogP contribution in [-0.4, -0.2) is 5.97 Å². The first-order chi connectivity index (χ1) is 12.6. The molecule has 2 rings (SSSR count). The smallest absolute Gasteiger partial charge is 0.550 e. The largest absolute Gasteiger partial charge is 1.00 e. The van der Waals surface area contributed by atoms with Crippen molar-refractivity contribution in [1.29, 1.82) is 0 Å². The molecule has 0 N–H and O–H groups in total. The van der Waals surface area contributed by atoms with E-state index in [2.05, 4.69) is 56.3 Å². The molecule has 0 heterocycles. The summed E-state index contributed by atoms with van der Waals surface area (Å²) in [5.74, 6) is 0.0331. The molecule has 0 aliphatic rings. The Morgan fingerprint density at radius 2 is 1.67 bits per heavy atom. The van der Waals surface area contributed by atoms with Crippen LogP contribution in [0.2, 0.25) is 0 Å². The summed E-state index contributed by atoms with van der Waals surface area (Å²) in [7, 11) is 0. The predicted octanol–water partition coefficient (Wildman–Crippen LogP) is 2.01. The maximum Gasteiger partial charge on any atom is 1.00 e. The van der Waals surface area contributed by atoms with Crippen molar-refractivity contribution in [2.75, 3.05) is 0 Å². The van der Waals surface area contributed by atoms with Crippen molar-refractivity contribution in [2.45, 2.75) is 57.8 Å². The third-order valence-corrected chi connectivity index (χ3v) is 5.01. The number of hydrogen-bond acceptors (Lipinski definition) is 2. The Kier molecular flexibility index (Phi) is 10.9. The summed E-state index contributed by atoms with van der Waals surface area (Å²) < 4.78 is 0. The van der Waals surface area contributed by atoms with E-state index in [1.807, 2.05) is 24.3 Å². The zero-order chi connectivity index (χ0) is 18.8. The van der Waals surface area contributed by atoms with Crippen molar-refractivity contribution in [2.24, 2.45) is 0 Å². The average Bonchev–Trinajstić information content (AvgIpc) is 2.65. The third kappa shape index (κ3) is 8.20. The Balaban J connectivity index is 0.00000364. The summed E-state index contributed by atoms with van der Waals surface area (Å²) in [4.78, 5) is 10.6. The van der Waals surface area contributed by atoms with Crippen molar-refractivity contribution >= 4 is 5.97 Å². The molecular weight excluding hydrogens is 327 g/mol. The molecule has 0 saturated heterocycles. The van der Waals surface area contributed by atoms with Crippen LogP contribution in [0.15, 0.2) is 66.7 Å². The maximum absolute atomic E-state index is 10.6. The van der Waals surface area contributed by atoms with Crippen molar-refractivity contribution in [3.05, 3.63) is 83.4 Å². The van der Waals surface area contributed by atoms with Crippen LogP contribution in [0.3, 0.4) is 0 Å². The van der Waals surface area contributed by atoms with Crippen LogP contribution in [0, 0.1) is 0 Å². The molecule has 2 aromatic rings. The second-order valence-electron chi connectivity index (χ2n) is 6.99. The number of allylic oxidation sites excluding steroid dienone is 2. The van der Waals surface area contributed by atoms with Crippen LogP contribution in [0.4, 0.5) is 0 Å². The fourth-order valence-electron chi connectivity index (χ4n) is 3.29. The van der Waals surface area contributed by atoms with E-state index >= 15 is 0 Å². The van der Waals surface area contributed by atoms with Crippen molar-refractivity contribution in [3.8, 4) is 0 Å². The van der Waals surface area contributed by atoms with Gasteiger partial charge in [-0.25, -0.2) is 0 Å². The number of aliphatic carboxylic acids is 1. The van der Waals surface area contributed by atoms with Gasteiger partial charge < -0.3 is 9.90 Å². The molecule has 0 saturated carbocycles. The van der Waals surface area contributed by atoms with Gasteiger partial charge in [0.05, 0.1) is 0 Å². The van der Waals surface area contributed by atoms with E-state index in [1.54, 1.807) is 0 Å². The van der Waals surface area contributed by atoms with E-state index in [9.17, 15) is 9.90 Å². The zero-order valence-electron chi connectivity index (χ0n) is 16.9. The second kappa shape index (κ2) is 12.6. The molecule has 0 amide bonds. The molecule has 0 fully saturated rings. The van der Waals surface area contributed by atoms with Gasteiger partial charge in [-0.2, -0.15) is 0 Å². The first kappa shape index (κ1) is 23.3. The van der Waals surface area contributed by atoms with Crippen molar-refractivity contribution < 1.29 is 28.8 Å². The number of carboxylic acids is 1. The quantitative estimate of drug-likeness (QED) is 0.483. The predicted molar refractivity (Wildman–Crippen MR) is 106 cm³/mol. The molecule has 138 valence electrons. The molecule has 0 aromatic heterocycles. The number of benzene rings is 2. The van der Waals surface area contributed by atoms with Gasteiger partial charge in [0.15, 0.2) is 0 Å². The summed E-state index contributed by atoms with van der Waals surface area (Å²) in [5, 5.41) is 10.6. The molecule has 2 aromatic carbocycles. The van der Waals surface area contributed by atoms with Gasteiger partial charge in [0.25, 0.3) is 0 Å². The fraction of sp³-hybridized carbons (Fsp3) is 0.375.